The molecule has 1 fully saturated rings. The molecule has 0 saturated heterocycles. The van der Waals surface area contributed by atoms with E-state index in [1.807, 2.05) is 24.3 Å². The molecule has 1 aromatic heterocycles. The SMILES string of the molecule is Cc1nc(-c2cccc(C3CC3c3ccc(S(N)(=O)=O)cc3)c2)no1. The summed E-state index contributed by atoms with van der Waals surface area (Å²) >= 11 is 0. The number of sulfonamides is 1. The Labute approximate surface area is 145 Å². The zero-order chi connectivity index (χ0) is 17.6. The van der Waals surface area contributed by atoms with Crippen molar-refractivity contribution >= 4 is 10.0 Å². The van der Waals surface area contributed by atoms with Gasteiger partial charge in [-0.15, -0.1) is 0 Å². The Bertz CT molecular complexity index is 1030. The predicted octanol–water partition coefficient (Wildman–Crippen LogP) is 2.96. The van der Waals surface area contributed by atoms with Crippen molar-refractivity contribution in [2.45, 2.75) is 30.1 Å². The summed E-state index contributed by atoms with van der Waals surface area (Å²) in [5, 5.41) is 9.11. The van der Waals surface area contributed by atoms with E-state index in [0.717, 1.165) is 17.5 Å². The van der Waals surface area contributed by atoms with Gasteiger partial charge < -0.3 is 4.52 Å². The van der Waals surface area contributed by atoms with Crippen LogP contribution in [0, 0.1) is 6.92 Å². The van der Waals surface area contributed by atoms with Crippen molar-refractivity contribution in [2.24, 2.45) is 5.14 Å². The first kappa shape index (κ1) is 16.0. The molecule has 2 N–H and O–H groups in total. The lowest BCUT2D eigenvalue weighted by Gasteiger charge is -2.04. The minimum atomic E-state index is -3.65. The maximum atomic E-state index is 11.3. The summed E-state index contributed by atoms with van der Waals surface area (Å²) in [6.45, 7) is 1.77. The van der Waals surface area contributed by atoms with Crippen molar-refractivity contribution in [3.05, 3.63) is 65.5 Å². The molecule has 3 aromatic rings. The van der Waals surface area contributed by atoms with Crippen LogP contribution in [-0.2, 0) is 10.0 Å². The van der Waals surface area contributed by atoms with Crippen LogP contribution in [0.15, 0.2) is 57.9 Å². The number of nitrogens with two attached hydrogens (primary N) is 1. The smallest absolute Gasteiger partial charge is 0.238 e. The van der Waals surface area contributed by atoms with E-state index in [2.05, 4.69) is 22.3 Å². The maximum Gasteiger partial charge on any atom is 0.238 e. The van der Waals surface area contributed by atoms with E-state index in [9.17, 15) is 8.42 Å². The molecule has 1 heterocycles. The zero-order valence-electron chi connectivity index (χ0n) is 13.6. The van der Waals surface area contributed by atoms with Crippen molar-refractivity contribution in [3.63, 3.8) is 0 Å². The molecule has 1 aliphatic carbocycles. The molecule has 1 aliphatic rings. The van der Waals surface area contributed by atoms with E-state index in [4.69, 9.17) is 9.66 Å². The molecule has 0 amide bonds. The topological polar surface area (TPSA) is 99.1 Å². The van der Waals surface area contributed by atoms with Crippen molar-refractivity contribution in [3.8, 4) is 11.4 Å². The van der Waals surface area contributed by atoms with Gasteiger partial charge in [-0.3, -0.25) is 0 Å². The molecule has 0 aliphatic heterocycles. The molecule has 128 valence electrons. The number of hydrogen-bond donors (Lipinski definition) is 1. The van der Waals surface area contributed by atoms with E-state index in [1.165, 1.54) is 5.56 Å². The van der Waals surface area contributed by atoms with Crippen LogP contribution < -0.4 is 5.14 Å². The lowest BCUT2D eigenvalue weighted by atomic mass is 10.0. The highest BCUT2D eigenvalue weighted by Crippen LogP contribution is 2.54. The van der Waals surface area contributed by atoms with E-state index in [0.29, 0.717) is 23.6 Å². The molecule has 2 unspecified atom stereocenters. The lowest BCUT2D eigenvalue weighted by Crippen LogP contribution is -2.11. The molecule has 0 radical (unpaired) electrons. The Morgan fingerprint density at radius 3 is 2.44 bits per heavy atom. The highest BCUT2D eigenvalue weighted by Gasteiger charge is 2.39. The second kappa shape index (κ2) is 5.79. The number of benzene rings is 2. The molecule has 6 nitrogen and oxygen atoms in total. The van der Waals surface area contributed by atoms with Gasteiger partial charge in [-0.05, 0) is 47.6 Å². The average molecular weight is 355 g/mol. The van der Waals surface area contributed by atoms with Gasteiger partial charge in [0.2, 0.25) is 21.7 Å². The highest BCUT2D eigenvalue weighted by molar-refractivity contribution is 7.89. The van der Waals surface area contributed by atoms with E-state index in [-0.39, 0.29) is 4.90 Å². The molecule has 7 heteroatoms. The molecule has 1 saturated carbocycles. The fourth-order valence-electron chi connectivity index (χ4n) is 3.16. The Morgan fingerprint density at radius 2 is 1.80 bits per heavy atom. The summed E-state index contributed by atoms with van der Waals surface area (Å²) in [4.78, 5) is 4.41. The van der Waals surface area contributed by atoms with Gasteiger partial charge in [0, 0.05) is 12.5 Å². The summed E-state index contributed by atoms with van der Waals surface area (Å²) in [6.07, 6.45) is 1.03. The molecule has 2 atom stereocenters. The number of nitrogens with zero attached hydrogens (tertiary/aromatic N) is 2. The number of primary sulfonamides is 1. The molecule has 0 bridgehead atoms. The van der Waals surface area contributed by atoms with Gasteiger partial charge in [-0.25, -0.2) is 13.6 Å². The molecule has 0 spiro atoms. The summed E-state index contributed by atoms with van der Waals surface area (Å²) in [5.74, 6) is 1.93. The molecular formula is C18H17N3O3S. The van der Waals surface area contributed by atoms with Gasteiger partial charge in [0.15, 0.2) is 0 Å². The third kappa shape index (κ3) is 3.20. The summed E-state index contributed by atoms with van der Waals surface area (Å²) in [6, 6.07) is 15.0. The van der Waals surface area contributed by atoms with Crippen molar-refractivity contribution < 1.29 is 12.9 Å². The largest absolute Gasteiger partial charge is 0.339 e. The van der Waals surface area contributed by atoms with Crippen LogP contribution in [0.3, 0.4) is 0 Å². The van der Waals surface area contributed by atoms with Crippen LogP contribution >= 0.6 is 0 Å². The molecular weight excluding hydrogens is 338 g/mol. The monoisotopic (exact) mass is 355 g/mol. The number of rotatable bonds is 4. The van der Waals surface area contributed by atoms with Gasteiger partial charge in [0.1, 0.15) is 0 Å². The minimum Gasteiger partial charge on any atom is -0.339 e. The first-order valence-electron chi connectivity index (χ1n) is 7.95. The Balaban J connectivity index is 1.55. The van der Waals surface area contributed by atoms with Crippen molar-refractivity contribution in [1.29, 1.82) is 0 Å². The zero-order valence-corrected chi connectivity index (χ0v) is 14.4. The van der Waals surface area contributed by atoms with E-state index in [1.54, 1.807) is 19.1 Å². The Hall–Kier alpha value is -2.51. The van der Waals surface area contributed by atoms with Gasteiger partial charge in [0.25, 0.3) is 0 Å². The summed E-state index contributed by atoms with van der Waals surface area (Å²) < 4.78 is 27.7. The molecule has 4 rings (SSSR count). The summed E-state index contributed by atoms with van der Waals surface area (Å²) in [5.41, 5.74) is 3.28. The fourth-order valence-corrected chi connectivity index (χ4v) is 3.68. The maximum absolute atomic E-state index is 11.3. The minimum absolute atomic E-state index is 0.142. The molecule has 25 heavy (non-hydrogen) atoms. The predicted molar refractivity (Wildman–Crippen MR) is 92.4 cm³/mol. The second-order valence-corrected chi connectivity index (χ2v) is 7.89. The Kier molecular flexibility index (Phi) is 3.70. The highest BCUT2D eigenvalue weighted by atomic mass is 32.2. The second-order valence-electron chi connectivity index (χ2n) is 6.33. The first-order chi connectivity index (χ1) is 11.9. The number of aryl methyl sites for hydroxylation is 1. The standard InChI is InChI=1S/C18H17N3O3S/c1-11-20-18(21-24-11)14-4-2-3-13(9-14)17-10-16(17)12-5-7-15(8-6-12)25(19,22)23/h2-9,16-17H,10H2,1H3,(H2,19,22,23). The summed E-state index contributed by atoms with van der Waals surface area (Å²) in [7, 11) is -3.65. The normalized spacial score (nSPS) is 19.8. The lowest BCUT2D eigenvalue weighted by molar-refractivity contribution is 0.394. The van der Waals surface area contributed by atoms with Crippen LogP contribution in [-0.4, -0.2) is 18.6 Å². The van der Waals surface area contributed by atoms with Crippen molar-refractivity contribution in [1.82, 2.24) is 10.1 Å². The van der Waals surface area contributed by atoms with E-state index < -0.39 is 10.0 Å². The van der Waals surface area contributed by atoms with Gasteiger partial charge in [-0.1, -0.05) is 35.5 Å². The van der Waals surface area contributed by atoms with Gasteiger partial charge in [0.05, 0.1) is 4.90 Å². The number of aromatic nitrogens is 2. The quantitative estimate of drug-likeness (QED) is 0.775. The van der Waals surface area contributed by atoms with Gasteiger partial charge in [-0.2, -0.15) is 4.98 Å². The van der Waals surface area contributed by atoms with Crippen molar-refractivity contribution in [2.75, 3.05) is 0 Å². The van der Waals surface area contributed by atoms with Crippen LogP contribution in [0.2, 0.25) is 0 Å². The third-order valence-corrected chi connectivity index (χ3v) is 5.46. The number of hydrogen-bond acceptors (Lipinski definition) is 5. The van der Waals surface area contributed by atoms with Crippen LogP contribution in [0.5, 0.6) is 0 Å². The fraction of sp³-hybridized carbons (Fsp3) is 0.222. The van der Waals surface area contributed by atoms with E-state index >= 15 is 0 Å². The Morgan fingerprint density at radius 1 is 1.08 bits per heavy atom. The molecule has 2 aromatic carbocycles. The van der Waals surface area contributed by atoms with Crippen LogP contribution in [0.4, 0.5) is 0 Å². The first-order valence-corrected chi connectivity index (χ1v) is 9.50. The average Bonchev–Trinajstić information content (AvgIpc) is 3.28. The van der Waals surface area contributed by atoms with Gasteiger partial charge >= 0.3 is 0 Å². The van der Waals surface area contributed by atoms with Crippen LogP contribution in [0.25, 0.3) is 11.4 Å². The third-order valence-electron chi connectivity index (χ3n) is 4.53. The van der Waals surface area contributed by atoms with Crippen LogP contribution in [0.1, 0.15) is 35.3 Å².